The summed E-state index contributed by atoms with van der Waals surface area (Å²) in [6.45, 7) is 0.102. The highest BCUT2D eigenvalue weighted by atomic mass is 19.1. The Bertz CT molecular complexity index is 268. The van der Waals surface area contributed by atoms with Crippen LogP contribution in [-0.4, -0.2) is 11.7 Å². The molecule has 1 aromatic rings. The van der Waals surface area contributed by atoms with Gasteiger partial charge < -0.3 is 5.11 Å². The van der Waals surface area contributed by atoms with E-state index < -0.39 is 0 Å². The molecule has 0 spiro atoms. The summed E-state index contributed by atoms with van der Waals surface area (Å²) in [7, 11) is 0. The predicted molar refractivity (Wildman–Crippen MR) is 47.1 cm³/mol. The highest BCUT2D eigenvalue weighted by molar-refractivity contribution is 5.49. The van der Waals surface area contributed by atoms with Crippen molar-refractivity contribution in [3.05, 3.63) is 41.7 Å². The summed E-state index contributed by atoms with van der Waals surface area (Å²) < 4.78 is 12.9. The third-order valence-electron chi connectivity index (χ3n) is 1.50. The molecule has 64 valence electrons. The van der Waals surface area contributed by atoms with Crippen LogP contribution < -0.4 is 0 Å². The van der Waals surface area contributed by atoms with Crippen LogP contribution in [0.25, 0.3) is 6.08 Å². The van der Waals surface area contributed by atoms with Gasteiger partial charge in [0.1, 0.15) is 5.82 Å². The lowest BCUT2D eigenvalue weighted by atomic mass is 10.2. The Hall–Kier alpha value is -1.15. The van der Waals surface area contributed by atoms with E-state index >= 15 is 0 Å². The van der Waals surface area contributed by atoms with Crippen molar-refractivity contribution in [3.63, 3.8) is 0 Å². The Labute approximate surface area is 71.2 Å². The number of hydrogen-bond acceptors (Lipinski definition) is 1. The number of benzene rings is 1. The maximum Gasteiger partial charge on any atom is 0.130 e. The Morgan fingerprint density at radius 2 is 2.08 bits per heavy atom. The fourth-order valence-electron chi connectivity index (χ4n) is 0.895. The Morgan fingerprint density at radius 1 is 1.33 bits per heavy atom. The molecule has 0 amide bonds. The lowest BCUT2D eigenvalue weighted by molar-refractivity contribution is 0.303. The first-order chi connectivity index (χ1) is 5.84. The molecule has 0 aromatic heterocycles. The summed E-state index contributed by atoms with van der Waals surface area (Å²) in [5.41, 5.74) is 0.561. The molecule has 0 radical (unpaired) electrons. The molecule has 0 fully saturated rings. The molecule has 0 bridgehead atoms. The van der Waals surface area contributed by atoms with Gasteiger partial charge in [-0.1, -0.05) is 30.4 Å². The molecule has 1 N–H and O–H groups in total. The molecule has 0 saturated carbocycles. The second-order valence-corrected chi connectivity index (χ2v) is 2.44. The molecule has 0 aliphatic heterocycles. The quantitative estimate of drug-likeness (QED) is 0.730. The van der Waals surface area contributed by atoms with Crippen molar-refractivity contribution >= 4 is 6.08 Å². The highest BCUT2D eigenvalue weighted by Crippen LogP contribution is 2.08. The standard InChI is InChI=1S/C10H11FO/c11-10-7-2-1-5-9(10)6-3-4-8-12/h1-3,5-7,12H,4,8H2/b6-3+. The van der Waals surface area contributed by atoms with Crippen molar-refractivity contribution in [2.24, 2.45) is 0 Å². The topological polar surface area (TPSA) is 20.2 Å². The van der Waals surface area contributed by atoms with Crippen LogP contribution in [0.4, 0.5) is 4.39 Å². The van der Waals surface area contributed by atoms with Gasteiger partial charge in [-0.05, 0) is 12.5 Å². The van der Waals surface area contributed by atoms with E-state index in [9.17, 15) is 4.39 Å². The summed E-state index contributed by atoms with van der Waals surface area (Å²) in [5, 5.41) is 8.47. The van der Waals surface area contributed by atoms with Gasteiger partial charge in [0.25, 0.3) is 0 Å². The molecule has 0 unspecified atom stereocenters. The van der Waals surface area contributed by atoms with E-state index in [-0.39, 0.29) is 12.4 Å². The van der Waals surface area contributed by atoms with Gasteiger partial charge in [-0.2, -0.15) is 0 Å². The van der Waals surface area contributed by atoms with E-state index in [1.165, 1.54) is 6.07 Å². The average molecular weight is 166 g/mol. The maximum absolute atomic E-state index is 12.9. The van der Waals surface area contributed by atoms with Crippen LogP contribution in [-0.2, 0) is 0 Å². The molecule has 1 nitrogen and oxygen atoms in total. The average Bonchev–Trinajstić information content (AvgIpc) is 2.09. The summed E-state index contributed by atoms with van der Waals surface area (Å²) in [5.74, 6) is -0.230. The third kappa shape index (κ3) is 2.47. The minimum Gasteiger partial charge on any atom is -0.396 e. The lowest BCUT2D eigenvalue weighted by Gasteiger charge is -1.93. The number of aliphatic hydroxyl groups is 1. The number of halogens is 1. The molecule has 0 aliphatic rings. The van der Waals surface area contributed by atoms with Crippen LogP contribution in [0.3, 0.4) is 0 Å². The molecular weight excluding hydrogens is 155 g/mol. The third-order valence-corrected chi connectivity index (χ3v) is 1.50. The van der Waals surface area contributed by atoms with Crippen molar-refractivity contribution in [3.8, 4) is 0 Å². The molecule has 0 saturated heterocycles. The first-order valence-electron chi connectivity index (χ1n) is 3.86. The molecular formula is C10H11FO. The minimum atomic E-state index is -0.230. The summed E-state index contributed by atoms with van der Waals surface area (Å²) >= 11 is 0. The monoisotopic (exact) mass is 166 g/mol. The maximum atomic E-state index is 12.9. The van der Waals surface area contributed by atoms with E-state index in [1.54, 1.807) is 30.4 Å². The molecule has 0 aliphatic carbocycles. The van der Waals surface area contributed by atoms with Gasteiger partial charge in [0.05, 0.1) is 0 Å². The first kappa shape index (κ1) is 8.94. The minimum absolute atomic E-state index is 0.102. The van der Waals surface area contributed by atoms with Crippen LogP contribution in [0.2, 0.25) is 0 Å². The van der Waals surface area contributed by atoms with Gasteiger partial charge in [-0.3, -0.25) is 0 Å². The van der Waals surface area contributed by atoms with Crippen molar-refractivity contribution < 1.29 is 9.50 Å². The van der Waals surface area contributed by atoms with Gasteiger partial charge in [-0.15, -0.1) is 0 Å². The van der Waals surface area contributed by atoms with E-state index in [0.29, 0.717) is 12.0 Å². The fourth-order valence-corrected chi connectivity index (χ4v) is 0.895. The molecule has 2 heteroatoms. The number of aliphatic hydroxyl groups excluding tert-OH is 1. The Balaban J connectivity index is 2.68. The largest absolute Gasteiger partial charge is 0.396 e. The van der Waals surface area contributed by atoms with Crippen LogP contribution in [0.5, 0.6) is 0 Å². The Kier molecular flexibility index (Phi) is 3.48. The zero-order valence-electron chi connectivity index (χ0n) is 6.70. The molecule has 0 heterocycles. The second-order valence-electron chi connectivity index (χ2n) is 2.44. The van der Waals surface area contributed by atoms with Crippen molar-refractivity contribution in [1.29, 1.82) is 0 Å². The van der Waals surface area contributed by atoms with Crippen LogP contribution in [0.15, 0.2) is 30.3 Å². The van der Waals surface area contributed by atoms with E-state index in [2.05, 4.69) is 0 Å². The van der Waals surface area contributed by atoms with Crippen molar-refractivity contribution in [1.82, 2.24) is 0 Å². The smallest absolute Gasteiger partial charge is 0.130 e. The normalized spacial score (nSPS) is 10.8. The lowest BCUT2D eigenvalue weighted by Crippen LogP contribution is -1.80. The number of hydrogen-bond donors (Lipinski definition) is 1. The van der Waals surface area contributed by atoms with E-state index in [0.717, 1.165) is 0 Å². The predicted octanol–water partition coefficient (Wildman–Crippen LogP) is 2.22. The van der Waals surface area contributed by atoms with E-state index in [4.69, 9.17) is 5.11 Å². The molecule has 0 atom stereocenters. The van der Waals surface area contributed by atoms with Gasteiger partial charge in [0, 0.05) is 12.2 Å². The zero-order chi connectivity index (χ0) is 8.81. The van der Waals surface area contributed by atoms with Crippen LogP contribution >= 0.6 is 0 Å². The van der Waals surface area contributed by atoms with Crippen LogP contribution in [0.1, 0.15) is 12.0 Å². The zero-order valence-corrected chi connectivity index (χ0v) is 6.70. The van der Waals surface area contributed by atoms with Crippen molar-refractivity contribution in [2.45, 2.75) is 6.42 Å². The summed E-state index contributed by atoms with van der Waals surface area (Å²) in [4.78, 5) is 0. The van der Waals surface area contributed by atoms with Crippen LogP contribution in [0, 0.1) is 5.82 Å². The second kappa shape index (κ2) is 4.67. The van der Waals surface area contributed by atoms with Gasteiger partial charge >= 0.3 is 0 Å². The summed E-state index contributed by atoms with van der Waals surface area (Å²) in [6, 6.07) is 6.54. The number of rotatable bonds is 3. The molecule has 1 rings (SSSR count). The highest BCUT2D eigenvalue weighted by Gasteiger charge is 1.93. The summed E-state index contributed by atoms with van der Waals surface area (Å²) in [6.07, 6.45) is 3.98. The molecule has 12 heavy (non-hydrogen) atoms. The van der Waals surface area contributed by atoms with Gasteiger partial charge in [0.2, 0.25) is 0 Å². The van der Waals surface area contributed by atoms with E-state index in [1.807, 2.05) is 0 Å². The fraction of sp³-hybridized carbons (Fsp3) is 0.200. The first-order valence-corrected chi connectivity index (χ1v) is 3.86. The van der Waals surface area contributed by atoms with Gasteiger partial charge in [-0.25, -0.2) is 4.39 Å². The van der Waals surface area contributed by atoms with Gasteiger partial charge in [0.15, 0.2) is 0 Å². The molecule has 1 aromatic carbocycles. The Morgan fingerprint density at radius 3 is 2.75 bits per heavy atom. The van der Waals surface area contributed by atoms with Crippen molar-refractivity contribution in [2.75, 3.05) is 6.61 Å². The SMILES string of the molecule is OCC/C=C/c1ccccc1F.